The van der Waals surface area contributed by atoms with Crippen LogP contribution in [0.4, 0.5) is 5.69 Å². The van der Waals surface area contributed by atoms with Gasteiger partial charge in [0.15, 0.2) is 9.84 Å². The lowest BCUT2D eigenvalue weighted by atomic mass is 10.3. The zero-order chi connectivity index (χ0) is 12.9. The minimum atomic E-state index is -3.21. The number of hydrogen-bond donors (Lipinski definition) is 1. The zero-order valence-corrected chi connectivity index (χ0v) is 11.6. The number of nitrogens with one attached hydrogen (secondary N) is 1. The monoisotopic (exact) mass is 275 g/mol. The van der Waals surface area contributed by atoms with Crippen LogP contribution >= 0.6 is 0 Å². The summed E-state index contributed by atoms with van der Waals surface area (Å²) in [5.41, 5.74) is 0.608. The topological polar surface area (TPSA) is 63.2 Å². The fourth-order valence-corrected chi connectivity index (χ4v) is 2.85. The molecule has 0 aromatic heterocycles. The molecule has 0 bridgehead atoms. The van der Waals surface area contributed by atoms with Crippen LogP contribution in [-0.4, -0.2) is 37.4 Å². The van der Waals surface area contributed by atoms with E-state index in [-0.39, 0.29) is 0 Å². The van der Waals surface area contributed by atoms with Crippen LogP contribution in [0.3, 0.4) is 0 Å². The molecule has 96 valence electrons. The van der Waals surface area contributed by atoms with E-state index in [1.54, 1.807) is 30.5 Å². The van der Waals surface area contributed by atoms with Crippen molar-refractivity contribution in [2.75, 3.05) is 30.1 Å². The summed E-state index contributed by atoms with van der Waals surface area (Å²) in [7, 11) is -4.01. The van der Waals surface area contributed by atoms with Crippen LogP contribution < -0.4 is 5.32 Å². The van der Waals surface area contributed by atoms with Crippen molar-refractivity contribution in [3.8, 4) is 0 Å². The number of benzene rings is 1. The Morgan fingerprint density at radius 3 is 2.53 bits per heavy atom. The van der Waals surface area contributed by atoms with Gasteiger partial charge >= 0.3 is 0 Å². The molecule has 1 unspecified atom stereocenters. The van der Waals surface area contributed by atoms with E-state index in [0.29, 0.717) is 22.9 Å². The average molecular weight is 275 g/mol. The second-order valence-corrected chi connectivity index (χ2v) is 7.36. The van der Waals surface area contributed by atoms with Gasteiger partial charge in [0, 0.05) is 35.6 Å². The van der Waals surface area contributed by atoms with Crippen molar-refractivity contribution in [2.24, 2.45) is 0 Å². The van der Waals surface area contributed by atoms with Crippen molar-refractivity contribution in [1.29, 1.82) is 0 Å². The van der Waals surface area contributed by atoms with Gasteiger partial charge in [-0.05, 0) is 18.6 Å². The van der Waals surface area contributed by atoms with Gasteiger partial charge in [-0.15, -0.1) is 0 Å². The maximum atomic E-state index is 11.5. The Labute approximate surface area is 105 Å². The van der Waals surface area contributed by atoms with Crippen molar-refractivity contribution in [1.82, 2.24) is 0 Å². The van der Waals surface area contributed by atoms with Crippen LogP contribution in [0, 0.1) is 0 Å². The van der Waals surface area contributed by atoms with E-state index < -0.39 is 20.6 Å². The Balaban J connectivity index is 2.68. The molecule has 17 heavy (non-hydrogen) atoms. The molecule has 1 aromatic carbocycles. The summed E-state index contributed by atoms with van der Waals surface area (Å²) in [6.07, 6.45) is 3.60. The van der Waals surface area contributed by atoms with Gasteiger partial charge in [-0.2, -0.15) is 0 Å². The molecule has 0 spiro atoms. The first kappa shape index (κ1) is 14.2. The van der Waals surface area contributed by atoms with Crippen LogP contribution in [0.15, 0.2) is 29.2 Å². The van der Waals surface area contributed by atoms with Gasteiger partial charge in [0.1, 0.15) is 0 Å². The third-order valence-electron chi connectivity index (χ3n) is 2.21. The molecule has 1 atom stereocenters. The lowest BCUT2D eigenvalue weighted by Crippen LogP contribution is -2.09. The van der Waals surface area contributed by atoms with Crippen LogP contribution in [0.1, 0.15) is 6.42 Å². The number of hydrogen-bond acceptors (Lipinski definition) is 4. The molecule has 0 amide bonds. The fraction of sp³-hybridized carbons (Fsp3) is 0.455. The van der Waals surface area contributed by atoms with Crippen LogP contribution in [0.5, 0.6) is 0 Å². The van der Waals surface area contributed by atoms with Crippen LogP contribution in [0.2, 0.25) is 0 Å². The van der Waals surface area contributed by atoms with E-state index in [0.717, 1.165) is 6.42 Å². The SMILES string of the molecule is CS(=O)CCCNc1ccccc1S(C)(=O)=O. The first-order valence-corrected chi connectivity index (χ1v) is 8.86. The Morgan fingerprint density at radius 1 is 1.29 bits per heavy atom. The smallest absolute Gasteiger partial charge is 0.177 e. The Hall–Kier alpha value is -0.880. The van der Waals surface area contributed by atoms with Crippen molar-refractivity contribution in [2.45, 2.75) is 11.3 Å². The second-order valence-electron chi connectivity index (χ2n) is 3.83. The molecule has 0 aliphatic heterocycles. The van der Waals surface area contributed by atoms with E-state index in [4.69, 9.17) is 0 Å². The van der Waals surface area contributed by atoms with Gasteiger partial charge in [0.05, 0.1) is 10.6 Å². The van der Waals surface area contributed by atoms with E-state index in [2.05, 4.69) is 5.32 Å². The predicted octanol–water partition coefficient (Wildman–Crippen LogP) is 1.27. The first-order valence-electron chi connectivity index (χ1n) is 5.24. The molecule has 0 aliphatic rings. The summed E-state index contributed by atoms with van der Waals surface area (Å²) >= 11 is 0. The maximum absolute atomic E-state index is 11.5. The molecular weight excluding hydrogens is 258 g/mol. The largest absolute Gasteiger partial charge is 0.384 e. The Kier molecular flexibility index (Phi) is 5.14. The highest BCUT2D eigenvalue weighted by atomic mass is 32.2. The molecule has 6 heteroatoms. The Morgan fingerprint density at radius 2 is 1.94 bits per heavy atom. The highest BCUT2D eigenvalue weighted by Gasteiger charge is 2.11. The number of anilines is 1. The van der Waals surface area contributed by atoms with Gasteiger partial charge in [-0.3, -0.25) is 4.21 Å². The van der Waals surface area contributed by atoms with Gasteiger partial charge < -0.3 is 5.32 Å². The summed E-state index contributed by atoms with van der Waals surface area (Å²) in [6.45, 7) is 0.617. The Bertz CT molecular complexity index is 497. The minimum absolute atomic E-state index is 0.303. The summed E-state index contributed by atoms with van der Waals surface area (Å²) in [5, 5.41) is 3.06. The summed E-state index contributed by atoms with van der Waals surface area (Å²) in [5.74, 6) is 0.619. The maximum Gasteiger partial charge on any atom is 0.177 e. The molecule has 0 radical (unpaired) electrons. The summed E-state index contributed by atoms with van der Waals surface area (Å²) in [6, 6.07) is 6.80. The van der Waals surface area contributed by atoms with Gasteiger partial charge in [-0.25, -0.2) is 8.42 Å². The first-order chi connectivity index (χ1) is 7.91. The molecule has 1 N–H and O–H groups in total. The molecule has 0 aliphatic carbocycles. The molecule has 1 rings (SSSR count). The summed E-state index contributed by atoms with van der Waals surface area (Å²) in [4.78, 5) is 0.303. The predicted molar refractivity (Wildman–Crippen MR) is 71.6 cm³/mol. The number of sulfone groups is 1. The second kappa shape index (κ2) is 6.16. The molecule has 0 fully saturated rings. The highest BCUT2D eigenvalue weighted by molar-refractivity contribution is 7.90. The van der Waals surface area contributed by atoms with Gasteiger partial charge in [-0.1, -0.05) is 12.1 Å². The van der Waals surface area contributed by atoms with Crippen molar-refractivity contribution in [3.63, 3.8) is 0 Å². The lowest BCUT2D eigenvalue weighted by Gasteiger charge is -2.10. The van der Waals surface area contributed by atoms with E-state index in [9.17, 15) is 12.6 Å². The van der Waals surface area contributed by atoms with Crippen molar-refractivity contribution in [3.05, 3.63) is 24.3 Å². The van der Waals surface area contributed by atoms with Crippen molar-refractivity contribution >= 4 is 26.3 Å². The summed E-state index contributed by atoms with van der Waals surface area (Å²) < 4.78 is 33.9. The van der Waals surface area contributed by atoms with E-state index in [1.165, 1.54) is 6.26 Å². The molecule has 4 nitrogen and oxygen atoms in total. The van der Waals surface area contributed by atoms with E-state index >= 15 is 0 Å². The van der Waals surface area contributed by atoms with Gasteiger partial charge in [0.25, 0.3) is 0 Å². The number of para-hydroxylation sites is 1. The minimum Gasteiger partial charge on any atom is -0.384 e. The molecule has 1 aromatic rings. The quantitative estimate of drug-likeness (QED) is 0.794. The standard InChI is InChI=1S/C11H17NO3S2/c1-16(13)9-5-8-12-10-6-3-4-7-11(10)17(2,14)15/h3-4,6-7,12H,5,8-9H2,1-2H3. The van der Waals surface area contributed by atoms with Crippen molar-refractivity contribution < 1.29 is 12.6 Å². The third-order valence-corrected chi connectivity index (χ3v) is 4.23. The van der Waals surface area contributed by atoms with E-state index in [1.807, 2.05) is 0 Å². The zero-order valence-electron chi connectivity index (χ0n) is 9.97. The molecule has 0 saturated heterocycles. The average Bonchev–Trinajstić information content (AvgIpc) is 2.23. The van der Waals surface area contributed by atoms with Crippen LogP contribution in [-0.2, 0) is 20.6 Å². The fourth-order valence-electron chi connectivity index (χ4n) is 1.43. The van der Waals surface area contributed by atoms with Gasteiger partial charge in [0.2, 0.25) is 0 Å². The molecule has 0 heterocycles. The van der Waals surface area contributed by atoms with Crippen LogP contribution in [0.25, 0.3) is 0 Å². The third kappa shape index (κ3) is 4.87. The normalized spacial score (nSPS) is 13.3. The molecule has 0 saturated carbocycles. The lowest BCUT2D eigenvalue weighted by molar-refractivity contribution is 0.602. The highest BCUT2D eigenvalue weighted by Crippen LogP contribution is 2.20. The number of rotatable bonds is 6. The molecular formula is C11H17NO3S2.